The van der Waals surface area contributed by atoms with E-state index in [0.29, 0.717) is 22.2 Å². The summed E-state index contributed by atoms with van der Waals surface area (Å²) in [6.45, 7) is 0. The van der Waals surface area contributed by atoms with Crippen LogP contribution in [0.5, 0.6) is 23.0 Å². The third-order valence-corrected chi connectivity index (χ3v) is 5.79. The second-order valence-electron chi connectivity index (χ2n) is 6.12. The van der Waals surface area contributed by atoms with E-state index in [1.54, 1.807) is 12.1 Å². The molecule has 0 radical (unpaired) electrons. The minimum Gasteiger partial charge on any atom is -0.504 e. The lowest BCUT2D eigenvalue weighted by atomic mass is 10.1. The van der Waals surface area contributed by atoms with Crippen LogP contribution in [0, 0.1) is 0 Å². The van der Waals surface area contributed by atoms with Gasteiger partial charge in [0, 0.05) is 6.07 Å². The summed E-state index contributed by atoms with van der Waals surface area (Å²) in [5, 5.41) is 33.0. The number of carbonyl (C=O) groups is 1. The lowest BCUT2D eigenvalue weighted by Gasteiger charge is -2.24. The number of sulfonamides is 1. The van der Waals surface area contributed by atoms with Crippen LogP contribution in [0.3, 0.4) is 0 Å². The van der Waals surface area contributed by atoms with Crippen molar-refractivity contribution in [1.82, 2.24) is 4.72 Å². The molecule has 0 atom stereocenters. The summed E-state index contributed by atoms with van der Waals surface area (Å²) in [5.74, 6) is -1.58. The van der Waals surface area contributed by atoms with Gasteiger partial charge in [-0.25, -0.2) is 17.9 Å². The van der Waals surface area contributed by atoms with Gasteiger partial charge in [0.1, 0.15) is 0 Å². The van der Waals surface area contributed by atoms with Crippen LogP contribution in [0.2, 0.25) is 0 Å². The van der Waals surface area contributed by atoms with Crippen LogP contribution in [0.4, 0.5) is 11.4 Å². The molecule has 0 bridgehead atoms. The van der Waals surface area contributed by atoms with Crippen molar-refractivity contribution in [3.05, 3.63) is 42.0 Å². The standard InChI is InChI=1S/C18H14N2O7S/c1-19-28(25,26)10-6-11(18(23)24)17-16(7-10)27-15-5-9-4-14(22)13(21)3-8(9)2-12(15)20-17/h2-7,19-22H,1H3,(H,23,24). The Bertz CT molecular complexity index is 1270. The number of hydrogen-bond donors (Lipinski definition) is 5. The van der Waals surface area contributed by atoms with Gasteiger partial charge in [-0.2, -0.15) is 0 Å². The van der Waals surface area contributed by atoms with E-state index < -0.39 is 16.0 Å². The zero-order valence-corrected chi connectivity index (χ0v) is 15.2. The van der Waals surface area contributed by atoms with E-state index in [1.807, 2.05) is 0 Å². The number of anilines is 2. The topological polar surface area (TPSA) is 145 Å². The molecule has 9 nitrogen and oxygen atoms in total. The number of carboxylic acids is 1. The lowest BCUT2D eigenvalue weighted by molar-refractivity contribution is 0.0697. The molecule has 0 fully saturated rings. The molecule has 0 saturated carbocycles. The second-order valence-corrected chi connectivity index (χ2v) is 8.01. The van der Waals surface area contributed by atoms with Gasteiger partial charge in [-0.1, -0.05) is 0 Å². The number of aromatic hydroxyl groups is 2. The molecule has 3 aromatic carbocycles. The molecule has 1 heterocycles. The van der Waals surface area contributed by atoms with Gasteiger partial charge in [-0.3, -0.25) is 0 Å². The van der Waals surface area contributed by atoms with Gasteiger partial charge >= 0.3 is 5.97 Å². The maximum absolute atomic E-state index is 12.1. The normalized spacial score (nSPS) is 12.6. The average molecular weight is 402 g/mol. The molecule has 4 rings (SSSR count). The molecule has 0 aromatic heterocycles. The second kappa shape index (κ2) is 6.01. The first kappa shape index (κ1) is 17.9. The van der Waals surface area contributed by atoms with E-state index in [0.717, 1.165) is 6.07 Å². The summed E-state index contributed by atoms with van der Waals surface area (Å²) in [5.41, 5.74) is 0.264. The molecule has 0 amide bonds. The summed E-state index contributed by atoms with van der Waals surface area (Å²) in [4.78, 5) is 11.4. The van der Waals surface area contributed by atoms with E-state index in [-0.39, 0.29) is 33.4 Å². The predicted octanol–water partition coefficient (Wildman–Crippen LogP) is 2.71. The maximum Gasteiger partial charge on any atom is 0.338 e. The number of aromatic carboxylic acids is 1. The van der Waals surface area contributed by atoms with Crippen molar-refractivity contribution < 1.29 is 33.3 Å². The van der Waals surface area contributed by atoms with Crippen LogP contribution >= 0.6 is 0 Å². The van der Waals surface area contributed by atoms with Crippen LogP contribution < -0.4 is 14.8 Å². The monoisotopic (exact) mass is 402 g/mol. The van der Waals surface area contributed by atoms with E-state index in [4.69, 9.17) is 4.74 Å². The fraction of sp³-hybridized carbons (Fsp3) is 0.0556. The van der Waals surface area contributed by atoms with Crippen LogP contribution in [0.25, 0.3) is 10.8 Å². The zero-order chi connectivity index (χ0) is 20.2. The number of carboxylic acid groups (broad SMARTS) is 1. The van der Waals surface area contributed by atoms with Gasteiger partial charge in [-0.15, -0.1) is 0 Å². The van der Waals surface area contributed by atoms with Crippen LogP contribution in [-0.2, 0) is 10.0 Å². The van der Waals surface area contributed by atoms with Crippen molar-refractivity contribution in [2.75, 3.05) is 12.4 Å². The largest absolute Gasteiger partial charge is 0.504 e. The van der Waals surface area contributed by atoms with Gasteiger partial charge in [-0.05, 0) is 48.2 Å². The summed E-state index contributed by atoms with van der Waals surface area (Å²) in [7, 11) is -2.67. The first-order chi connectivity index (χ1) is 13.2. The minimum atomic E-state index is -3.89. The third kappa shape index (κ3) is 2.75. The van der Waals surface area contributed by atoms with E-state index in [1.165, 1.54) is 25.2 Å². The number of ether oxygens (including phenoxy) is 1. The van der Waals surface area contributed by atoms with Crippen LogP contribution in [0.15, 0.2) is 41.3 Å². The number of nitrogens with one attached hydrogen (secondary N) is 2. The van der Waals surface area contributed by atoms with Gasteiger partial charge in [0.05, 0.1) is 21.8 Å². The Morgan fingerprint density at radius 1 is 1.00 bits per heavy atom. The van der Waals surface area contributed by atoms with Crippen molar-refractivity contribution in [2.45, 2.75) is 4.90 Å². The van der Waals surface area contributed by atoms with Crippen molar-refractivity contribution in [3.8, 4) is 23.0 Å². The number of fused-ring (bicyclic) bond motifs is 3. The highest BCUT2D eigenvalue weighted by molar-refractivity contribution is 7.89. The predicted molar refractivity (Wildman–Crippen MR) is 100 cm³/mol. The molecule has 144 valence electrons. The quantitative estimate of drug-likeness (QED) is 0.329. The number of benzene rings is 3. The lowest BCUT2D eigenvalue weighted by Crippen LogP contribution is -2.20. The van der Waals surface area contributed by atoms with Crippen molar-refractivity contribution in [2.24, 2.45) is 0 Å². The first-order valence-corrected chi connectivity index (χ1v) is 9.47. The number of phenolic OH excluding ortho intramolecular Hbond substituents is 2. The summed E-state index contributed by atoms with van der Waals surface area (Å²) < 4.78 is 32.1. The van der Waals surface area contributed by atoms with Gasteiger partial charge in [0.2, 0.25) is 10.0 Å². The highest BCUT2D eigenvalue weighted by Crippen LogP contribution is 2.47. The minimum absolute atomic E-state index is 0.0311. The molecule has 0 spiro atoms. The zero-order valence-electron chi connectivity index (χ0n) is 14.3. The van der Waals surface area contributed by atoms with Crippen molar-refractivity contribution in [3.63, 3.8) is 0 Å². The van der Waals surface area contributed by atoms with Crippen molar-refractivity contribution >= 4 is 38.1 Å². The Morgan fingerprint density at radius 2 is 1.64 bits per heavy atom. The summed E-state index contributed by atoms with van der Waals surface area (Å²) >= 11 is 0. The van der Waals surface area contributed by atoms with Gasteiger partial charge in [0.15, 0.2) is 23.0 Å². The number of hydrogen-bond acceptors (Lipinski definition) is 7. The molecule has 10 heteroatoms. The Morgan fingerprint density at radius 3 is 2.25 bits per heavy atom. The SMILES string of the molecule is CNS(=O)(=O)c1cc2c(c(C(=O)O)c1)Nc1cc3cc(O)c(O)cc3cc1O2. The smallest absolute Gasteiger partial charge is 0.338 e. The maximum atomic E-state index is 12.1. The Balaban J connectivity index is 1.91. The number of rotatable bonds is 3. The highest BCUT2D eigenvalue weighted by Gasteiger charge is 2.27. The van der Waals surface area contributed by atoms with E-state index in [2.05, 4.69) is 10.0 Å². The summed E-state index contributed by atoms with van der Waals surface area (Å²) in [6.07, 6.45) is 0. The fourth-order valence-electron chi connectivity index (χ4n) is 2.98. The molecule has 28 heavy (non-hydrogen) atoms. The van der Waals surface area contributed by atoms with E-state index >= 15 is 0 Å². The average Bonchev–Trinajstić information content (AvgIpc) is 2.65. The molecule has 0 aliphatic carbocycles. The highest BCUT2D eigenvalue weighted by atomic mass is 32.2. The molecular formula is C18H14N2O7S. The molecular weight excluding hydrogens is 388 g/mol. The van der Waals surface area contributed by atoms with Gasteiger partial charge < -0.3 is 25.4 Å². The van der Waals surface area contributed by atoms with E-state index in [9.17, 15) is 28.5 Å². The van der Waals surface area contributed by atoms with Crippen LogP contribution in [-0.4, -0.2) is 36.8 Å². The fourth-order valence-corrected chi connectivity index (χ4v) is 3.75. The van der Waals surface area contributed by atoms with Crippen LogP contribution in [0.1, 0.15) is 10.4 Å². The molecule has 0 unspecified atom stereocenters. The molecule has 1 aliphatic rings. The summed E-state index contributed by atoms with van der Waals surface area (Å²) in [6, 6.07) is 8.19. The molecule has 3 aromatic rings. The third-order valence-electron chi connectivity index (χ3n) is 4.40. The number of phenols is 2. The van der Waals surface area contributed by atoms with Crippen molar-refractivity contribution in [1.29, 1.82) is 0 Å². The molecule has 0 saturated heterocycles. The first-order valence-electron chi connectivity index (χ1n) is 7.99. The Hall–Kier alpha value is -3.50. The molecule has 1 aliphatic heterocycles. The van der Waals surface area contributed by atoms with Gasteiger partial charge in [0.25, 0.3) is 0 Å². The Kier molecular flexibility index (Phi) is 3.84. The Labute approximate surface area is 158 Å². The molecule has 5 N–H and O–H groups in total.